The van der Waals surface area contributed by atoms with Crippen LogP contribution in [0.3, 0.4) is 0 Å². The number of aryl methyl sites for hydroxylation is 1. The Kier molecular flexibility index (Phi) is 3.52. The molecule has 2 atom stereocenters. The minimum Gasteiger partial charge on any atom is -0.331 e. The first kappa shape index (κ1) is 14.8. The van der Waals surface area contributed by atoms with Crippen molar-refractivity contribution in [3.05, 3.63) is 69.5 Å². The maximum absolute atomic E-state index is 12.9. The average molecular weight is 323 g/mol. The molecule has 1 aromatic heterocycles. The monoisotopic (exact) mass is 323 g/mol. The molecule has 0 unspecified atom stereocenters. The second-order valence-electron chi connectivity index (χ2n) is 6.37. The van der Waals surface area contributed by atoms with Crippen molar-refractivity contribution in [3.63, 3.8) is 0 Å². The number of hydrogen-bond donors (Lipinski definition) is 0. The van der Waals surface area contributed by atoms with Crippen LogP contribution in [0.4, 0.5) is 5.69 Å². The Morgan fingerprint density at radius 1 is 1.21 bits per heavy atom. The van der Waals surface area contributed by atoms with Crippen molar-refractivity contribution in [1.82, 2.24) is 9.88 Å². The van der Waals surface area contributed by atoms with Crippen LogP contribution in [0.25, 0.3) is 0 Å². The topological polar surface area (TPSA) is 76.3 Å². The number of rotatable bonds is 2. The van der Waals surface area contributed by atoms with Crippen molar-refractivity contribution in [2.75, 3.05) is 6.54 Å². The maximum atomic E-state index is 12.9. The van der Waals surface area contributed by atoms with Crippen LogP contribution in [-0.2, 0) is 6.42 Å². The highest BCUT2D eigenvalue weighted by Gasteiger charge is 2.41. The van der Waals surface area contributed by atoms with E-state index in [4.69, 9.17) is 0 Å². The minimum absolute atomic E-state index is 0.00180. The average Bonchev–Trinajstić information content (AvgIpc) is 3.05. The van der Waals surface area contributed by atoms with Gasteiger partial charge < -0.3 is 4.90 Å². The summed E-state index contributed by atoms with van der Waals surface area (Å²) in [7, 11) is 0. The van der Waals surface area contributed by atoms with Crippen LogP contribution in [-0.4, -0.2) is 27.3 Å². The molecule has 4 rings (SSSR count). The molecular weight excluding hydrogens is 306 g/mol. The molecule has 1 fully saturated rings. The van der Waals surface area contributed by atoms with Crippen molar-refractivity contribution in [2.45, 2.75) is 25.3 Å². The first-order valence-corrected chi connectivity index (χ1v) is 8.14. The Morgan fingerprint density at radius 3 is 2.75 bits per heavy atom. The molecule has 0 saturated carbocycles. The van der Waals surface area contributed by atoms with Gasteiger partial charge in [0.1, 0.15) is 0 Å². The van der Waals surface area contributed by atoms with Crippen molar-refractivity contribution in [1.29, 1.82) is 0 Å². The number of pyridine rings is 1. The van der Waals surface area contributed by atoms with E-state index in [9.17, 15) is 14.9 Å². The first-order chi connectivity index (χ1) is 11.6. The van der Waals surface area contributed by atoms with Crippen molar-refractivity contribution >= 4 is 11.6 Å². The molecule has 1 saturated heterocycles. The molecule has 0 N–H and O–H groups in total. The number of nitrogens with zero attached hydrogens (tertiary/aromatic N) is 3. The molecule has 2 aromatic rings. The first-order valence-electron chi connectivity index (χ1n) is 8.14. The van der Waals surface area contributed by atoms with Gasteiger partial charge in [-0.2, -0.15) is 0 Å². The molecule has 6 heteroatoms. The number of amides is 1. The number of carbonyl (C=O) groups excluding carboxylic acids is 1. The van der Waals surface area contributed by atoms with Crippen LogP contribution in [0.2, 0.25) is 0 Å². The van der Waals surface area contributed by atoms with Crippen LogP contribution < -0.4 is 0 Å². The zero-order valence-corrected chi connectivity index (χ0v) is 13.1. The summed E-state index contributed by atoms with van der Waals surface area (Å²) < 4.78 is 0. The number of non-ortho nitro benzene ring substituents is 1. The van der Waals surface area contributed by atoms with Gasteiger partial charge in [0.05, 0.1) is 11.0 Å². The third kappa shape index (κ3) is 2.35. The van der Waals surface area contributed by atoms with E-state index in [2.05, 4.69) is 11.1 Å². The van der Waals surface area contributed by atoms with Gasteiger partial charge in [0.15, 0.2) is 0 Å². The molecule has 122 valence electrons. The van der Waals surface area contributed by atoms with Gasteiger partial charge in [-0.3, -0.25) is 19.9 Å². The smallest absolute Gasteiger partial charge is 0.269 e. The summed E-state index contributed by atoms with van der Waals surface area (Å²) in [6.07, 6.45) is 4.82. The Bertz CT molecular complexity index is 803. The van der Waals surface area contributed by atoms with Crippen LogP contribution in [0, 0.1) is 16.0 Å². The van der Waals surface area contributed by atoms with Crippen LogP contribution in [0.1, 0.15) is 40.5 Å². The highest BCUT2D eigenvalue weighted by Crippen LogP contribution is 2.44. The Hall–Kier alpha value is -2.76. The van der Waals surface area contributed by atoms with E-state index < -0.39 is 4.92 Å². The molecule has 1 aromatic carbocycles. The Labute approximate surface area is 139 Å². The molecule has 0 bridgehead atoms. The van der Waals surface area contributed by atoms with Gasteiger partial charge in [-0.05, 0) is 48.9 Å². The number of nitro benzene ring substituents is 1. The van der Waals surface area contributed by atoms with Gasteiger partial charge >= 0.3 is 0 Å². The van der Waals surface area contributed by atoms with Gasteiger partial charge in [-0.25, -0.2) is 0 Å². The predicted octanol–water partition coefficient (Wildman–Crippen LogP) is 3.14. The van der Waals surface area contributed by atoms with Gasteiger partial charge in [0.2, 0.25) is 0 Å². The van der Waals surface area contributed by atoms with E-state index >= 15 is 0 Å². The summed E-state index contributed by atoms with van der Waals surface area (Å²) in [6.45, 7) is 0.722. The lowest BCUT2D eigenvalue weighted by Gasteiger charge is -2.33. The lowest BCUT2D eigenvalue weighted by atomic mass is 9.82. The van der Waals surface area contributed by atoms with E-state index in [0.29, 0.717) is 11.5 Å². The summed E-state index contributed by atoms with van der Waals surface area (Å²) in [4.78, 5) is 29.6. The predicted molar refractivity (Wildman–Crippen MR) is 87.5 cm³/mol. The largest absolute Gasteiger partial charge is 0.331 e. The summed E-state index contributed by atoms with van der Waals surface area (Å²) in [5.41, 5.74) is 2.74. The number of nitro groups is 1. The maximum Gasteiger partial charge on any atom is 0.269 e. The fourth-order valence-electron chi connectivity index (χ4n) is 3.95. The number of fused-ring (bicyclic) bond motifs is 3. The van der Waals surface area contributed by atoms with Gasteiger partial charge in [-0.15, -0.1) is 0 Å². The van der Waals surface area contributed by atoms with E-state index in [-0.39, 0.29) is 17.6 Å². The highest BCUT2D eigenvalue weighted by molar-refractivity contribution is 5.95. The summed E-state index contributed by atoms with van der Waals surface area (Å²) in [6, 6.07) is 9.93. The standard InChI is InChI=1S/C18H17N3O3/c22-18(13-3-6-14(7-4-13)21(23)24)20-11-9-12-5-8-16-15(17(12)20)2-1-10-19-16/h1-4,6-7,10,12,17H,5,8-9,11H2/t12-,17-/m0/s1. The summed E-state index contributed by atoms with van der Waals surface area (Å²) >= 11 is 0. The van der Waals surface area contributed by atoms with E-state index in [1.165, 1.54) is 12.1 Å². The lowest BCUT2D eigenvalue weighted by molar-refractivity contribution is -0.384. The van der Waals surface area contributed by atoms with Gasteiger partial charge in [0.25, 0.3) is 11.6 Å². The van der Waals surface area contributed by atoms with Crippen molar-refractivity contribution < 1.29 is 9.72 Å². The number of aromatic nitrogens is 1. The van der Waals surface area contributed by atoms with E-state index in [0.717, 1.165) is 37.1 Å². The third-order valence-corrected chi connectivity index (χ3v) is 5.11. The number of likely N-dealkylation sites (tertiary alicyclic amines) is 1. The zero-order chi connectivity index (χ0) is 16.7. The van der Waals surface area contributed by atoms with Crippen molar-refractivity contribution in [3.8, 4) is 0 Å². The SMILES string of the molecule is O=C(c1ccc([N+](=O)[O-])cc1)N1CC[C@@H]2CCc3ncccc3[C@H]21. The normalized spacial score (nSPS) is 21.9. The van der Waals surface area contributed by atoms with Crippen LogP contribution in [0.5, 0.6) is 0 Å². The fraction of sp³-hybridized carbons (Fsp3) is 0.333. The molecule has 1 amide bonds. The molecule has 6 nitrogen and oxygen atoms in total. The second kappa shape index (κ2) is 5.70. The lowest BCUT2D eigenvalue weighted by Crippen LogP contribution is -2.34. The summed E-state index contributed by atoms with van der Waals surface area (Å²) in [5, 5.41) is 10.8. The van der Waals surface area contributed by atoms with Crippen molar-refractivity contribution in [2.24, 2.45) is 5.92 Å². The highest BCUT2D eigenvalue weighted by atomic mass is 16.6. The third-order valence-electron chi connectivity index (χ3n) is 5.11. The van der Waals surface area contributed by atoms with Crippen LogP contribution >= 0.6 is 0 Å². The molecule has 2 heterocycles. The molecule has 1 aliphatic heterocycles. The van der Waals surface area contributed by atoms with E-state index in [1.54, 1.807) is 18.3 Å². The molecule has 1 aliphatic carbocycles. The zero-order valence-electron chi connectivity index (χ0n) is 13.1. The van der Waals surface area contributed by atoms with Gasteiger partial charge in [-0.1, -0.05) is 6.07 Å². The van der Waals surface area contributed by atoms with Crippen LogP contribution in [0.15, 0.2) is 42.6 Å². The quantitative estimate of drug-likeness (QED) is 0.628. The molecule has 0 radical (unpaired) electrons. The minimum atomic E-state index is -0.455. The molecule has 0 spiro atoms. The van der Waals surface area contributed by atoms with Gasteiger partial charge in [0, 0.05) is 36.1 Å². The molecular formula is C18H17N3O3. The Balaban J connectivity index is 1.65. The number of hydrogen-bond acceptors (Lipinski definition) is 4. The second-order valence-corrected chi connectivity index (χ2v) is 6.37. The van der Waals surface area contributed by atoms with E-state index in [1.807, 2.05) is 11.0 Å². The number of carbonyl (C=O) groups is 1. The fourth-order valence-corrected chi connectivity index (χ4v) is 3.95. The number of benzene rings is 1. The molecule has 2 aliphatic rings. The molecule has 24 heavy (non-hydrogen) atoms. The summed E-state index contributed by atoms with van der Waals surface area (Å²) in [5.74, 6) is 0.415. The Morgan fingerprint density at radius 2 is 2.00 bits per heavy atom.